The van der Waals surface area contributed by atoms with Gasteiger partial charge in [0.25, 0.3) is 5.56 Å². The van der Waals surface area contributed by atoms with Crippen molar-refractivity contribution in [3.05, 3.63) is 46.2 Å². The van der Waals surface area contributed by atoms with E-state index in [9.17, 15) is 4.79 Å². The van der Waals surface area contributed by atoms with Crippen LogP contribution in [0.3, 0.4) is 0 Å². The predicted molar refractivity (Wildman–Crippen MR) is 84.3 cm³/mol. The van der Waals surface area contributed by atoms with Crippen LogP contribution in [-0.2, 0) is 5.41 Å². The molecule has 0 spiro atoms. The zero-order valence-electron chi connectivity index (χ0n) is 13.1. The Morgan fingerprint density at radius 1 is 1.00 bits per heavy atom. The van der Waals surface area contributed by atoms with Crippen molar-refractivity contribution in [2.24, 2.45) is 0 Å². The zero-order chi connectivity index (χ0) is 15.6. The number of rotatable bonds is 3. The second-order valence-corrected chi connectivity index (χ2v) is 5.93. The lowest BCUT2D eigenvalue weighted by Gasteiger charge is -2.23. The first-order chi connectivity index (χ1) is 9.86. The molecule has 0 atom stereocenters. The fraction of sp³-hybridized carbons (Fsp3) is 0.353. The van der Waals surface area contributed by atoms with Crippen molar-refractivity contribution in [1.82, 2.24) is 4.98 Å². The van der Waals surface area contributed by atoms with Gasteiger partial charge in [0.1, 0.15) is 5.75 Å². The minimum Gasteiger partial charge on any atom is -0.496 e. The molecule has 0 fully saturated rings. The minimum atomic E-state index is -0.167. The molecule has 0 aliphatic heterocycles. The molecule has 0 unspecified atom stereocenters. The van der Waals surface area contributed by atoms with Crippen molar-refractivity contribution in [1.29, 1.82) is 0 Å². The van der Waals surface area contributed by atoms with Gasteiger partial charge in [-0.25, -0.2) is 0 Å². The number of H-pyrrole nitrogens is 1. The molecule has 21 heavy (non-hydrogen) atoms. The molecule has 4 nitrogen and oxygen atoms in total. The molecule has 0 radical (unpaired) electrons. The number of nitrogens with one attached hydrogen (secondary N) is 1. The second kappa shape index (κ2) is 5.64. The number of benzene rings is 1. The minimum absolute atomic E-state index is 0.0689. The number of hydrogen-bond donors (Lipinski definition) is 1. The summed E-state index contributed by atoms with van der Waals surface area (Å²) >= 11 is 0. The molecule has 1 aromatic heterocycles. The number of methoxy groups -OCH3 is 2. The van der Waals surface area contributed by atoms with Crippen LogP contribution in [0, 0.1) is 0 Å². The highest BCUT2D eigenvalue weighted by Gasteiger charge is 2.20. The molecule has 2 rings (SSSR count). The summed E-state index contributed by atoms with van der Waals surface area (Å²) in [6, 6.07) is 9.32. The average Bonchev–Trinajstić information content (AvgIpc) is 2.45. The van der Waals surface area contributed by atoms with Crippen LogP contribution in [0.25, 0.3) is 11.1 Å². The van der Waals surface area contributed by atoms with Crippen LogP contribution in [0.5, 0.6) is 11.6 Å². The third kappa shape index (κ3) is 3.10. The Kier molecular flexibility index (Phi) is 4.07. The third-order valence-corrected chi connectivity index (χ3v) is 3.42. The largest absolute Gasteiger partial charge is 0.496 e. The fourth-order valence-corrected chi connectivity index (χ4v) is 2.26. The van der Waals surface area contributed by atoms with Gasteiger partial charge in [0.2, 0.25) is 0 Å². The molecular formula is C17H21NO3. The maximum Gasteiger partial charge on any atom is 0.258 e. The average molecular weight is 287 g/mol. The van der Waals surface area contributed by atoms with E-state index in [0.717, 1.165) is 16.9 Å². The number of hydrogen-bond acceptors (Lipinski definition) is 3. The van der Waals surface area contributed by atoms with Gasteiger partial charge in [0, 0.05) is 11.1 Å². The SMILES string of the molecule is COc1ccc(-c2ccc(OC)c(C(C)(C)C)c2)c(=O)[nH]1. The third-order valence-electron chi connectivity index (χ3n) is 3.42. The molecular weight excluding hydrogens is 266 g/mol. The first-order valence-electron chi connectivity index (χ1n) is 6.83. The van der Waals surface area contributed by atoms with Crippen LogP contribution in [0.4, 0.5) is 0 Å². The van der Waals surface area contributed by atoms with Crippen LogP contribution in [0.1, 0.15) is 26.3 Å². The summed E-state index contributed by atoms with van der Waals surface area (Å²) in [6.07, 6.45) is 0. The highest BCUT2D eigenvalue weighted by Crippen LogP contribution is 2.34. The van der Waals surface area contributed by atoms with Crippen molar-refractivity contribution >= 4 is 0 Å². The Balaban J connectivity index is 2.58. The Labute approximate surface area is 124 Å². The van der Waals surface area contributed by atoms with Gasteiger partial charge in [0.15, 0.2) is 5.88 Å². The monoisotopic (exact) mass is 287 g/mol. The van der Waals surface area contributed by atoms with Crippen LogP contribution in [0.2, 0.25) is 0 Å². The molecule has 2 aromatic rings. The lowest BCUT2D eigenvalue weighted by Crippen LogP contribution is -2.14. The van der Waals surface area contributed by atoms with E-state index in [1.165, 1.54) is 7.11 Å². The van der Waals surface area contributed by atoms with Crippen LogP contribution in [0.15, 0.2) is 35.1 Å². The standard InChI is InChI=1S/C17H21NO3/c1-17(2,3)13-10-11(6-8-14(13)20-4)12-7-9-15(21-5)18-16(12)19/h6-10H,1-5H3,(H,18,19). The summed E-state index contributed by atoms with van der Waals surface area (Å²) in [5.41, 5.74) is 2.31. The van der Waals surface area contributed by atoms with Gasteiger partial charge >= 0.3 is 0 Å². The lowest BCUT2D eigenvalue weighted by atomic mass is 9.84. The number of aromatic amines is 1. The molecule has 0 amide bonds. The Morgan fingerprint density at radius 3 is 2.24 bits per heavy atom. The topological polar surface area (TPSA) is 51.3 Å². The smallest absolute Gasteiger partial charge is 0.258 e. The van der Waals surface area contributed by atoms with Gasteiger partial charge < -0.3 is 9.47 Å². The number of pyridine rings is 1. The first kappa shape index (κ1) is 15.2. The molecule has 1 heterocycles. The molecule has 0 bridgehead atoms. The molecule has 1 aromatic carbocycles. The molecule has 0 saturated heterocycles. The van der Waals surface area contributed by atoms with E-state index in [1.54, 1.807) is 19.2 Å². The quantitative estimate of drug-likeness (QED) is 0.941. The molecule has 0 aliphatic rings. The van der Waals surface area contributed by atoms with Crippen molar-refractivity contribution in [3.8, 4) is 22.8 Å². The van der Waals surface area contributed by atoms with Gasteiger partial charge in [-0.2, -0.15) is 0 Å². The van der Waals surface area contributed by atoms with E-state index >= 15 is 0 Å². The van der Waals surface area contributed by atoms with Gasteiger partial charge in [-0.1, -0.05) is 26.8 Å². The maximum atomic E-state index is 12.1. The summed E-state index contributed by atoms with van der Waals surface area (Å²) in [6.45, 7) is 6.35. The molecule has 112 valence electrons. The molecule has 0 saturated carbocycles. The van der Waals surface area contributed by atoms with E-state index in [2.05, 4.69) is 25.8 Å². The van der Waals surface area contributed by atoms with Crippen molar-refractivity contribution < 1.29 is 9.47 Å². The van der Waals surface area contributed by atoms with Gasteiger partial charge in [0.05, 0.1) is 14.2 Å². The zero-order valence-corrected chi connectivity index (χ0v) is 13.1. The van der Waals surface area contributed by atoms with Gasteiger partial charge in [-0.15, -0.1) is 0 Å². The normalized spacial score (nSPS) is 11.3. The van der Waals surface area contributed by atoms with Crippen molar-refractivity contribution in [3.63, 3.8) is 0 Å². The summed E-state index contributed by atoms with van der Waals surface area (Å²) in [5, 5.41) is 0. The Bertz CT molecular complexity index is 696. The predicted octanol–water partition coefficient (Wildman–Crippen LogP) is 3.36. The fourth-order valence-electron chi connectivity index (χ4n) is 2.26. The van der Waals surface area contributed by atoms with E-state index in [1.807, 2.05) is 18.2 Å². The van der Waals surface area contributed by atoms with Crippen LogP contribution < -0.4 is 15.0 Å². The summed E-state index contributed by atoms with van der Waals surface area (Å²) < 4.78 is 10.4. The molecule has 0 aliphatic carbocycles. The van der Waals surface area contributed by atoms with E-state index in [4.69, 9.17) is 9.47 Å². The first-order valence-corrected chi connectivity index (χ1v) is 6.83. The lowest BCUT2D eigenvalue weighted by molar-refractivity contribution is 0.396. The summed E-state index contributed by atoms with van der Waals surface area (Å²) in [4.78, 5) is 14.8. The van der Waals surface area contributed by atoms with E-state index in [-0.39, 0.29) is 11.0 Å². The summed E-state index contributed by atoms with van der Waals surface area (Å²) in [5.74, 6) is 1.28. The highest BCUT2D eigenvalue weighted by atomic mass is 16.5. The Morgan fingerprint density at radius 2 is 1.71 bits per heavy atom. The number of ether oxygens (including phenoxy) is 2. The number of aromatic nitrogens is 1. The maximum absolute atomic E-state index is 12.1. The van der Waals surface area contributed by atoms with Crippen LogP contribution in [-0.4, -0.2) is 19.2 Å². The van der Waals surface area contributed by atoms with Gasteiger partial charge in [-0.3, -0.25) is 9.78 Å². The van der Waals surface area contributed by atoms with E-state index in [0.29, 0.717) is 11.4 Å². The van der Waals surface area contributed by atoms with Crippen molar-refractivity contribution in [2.75, 3.05) is 14.2 Å². The second-order valence-electron chi connectivity index (χ2n) is 5.93. The van der Waals surface area contributed by atoms with E-state index < -0.39 is 0 Å². The van der Waals surface area contributed by atoms with Crippen molar-refractivity contribution in [2.45, 2.75) is 26.2 Å². The molecule has 1 N–H and O–H groups in total. The highest BCUT2D eigenvalue weighted by molar-refractivity contribution is 5.65. The van der Waals surface area contributed by atoms with Crippen LogP contribution >= 0.6 is 0 Å². The van der Waals surface area contributed by atoms with Gasteiger partial charge in [-0.05, 0) is 35.2 Å². The summed E-state index contributed by atoms with van der Waals surface area (Å²) in [7, 11) is 3.18. The Hall–Kier alpha value is -2.23. The molecule has 4 heteroatoms.